The van der Waals surface area contributed by atoms with Crippen LogP contribution >= 0.6 is 11.5 Å². The fraction of sp³-hybridized carbons (Fsp3) is 0.455. The highest BCUT2D eigenvalue weighted by atomic mass is 32.1. The highest BCUT2D eigenvalue weighted by Crippen LogP contribution is 2.29. The van der Waals surface area contributed by atoms with Crippen molar-refractivity contribution in [3.8, 4) is 0 Å². The van der Waals surface area contributed by atoms with Crippen LogP contribution in [0.1, 0.15) is 72.0 Å². The van der Waals surface area contributed by atoms with Crippen molar-refractivity contribution < 1.29 is 14.4 Å². The first-order chi connectivity index (χ1) is 14.9. The van der Waals surface area contributed by atoms with Gasteiger partial charge in [-0.1, -0.05) is 50.8 Å². The van der Waals surface area contributed by atoms with Gasteiger partial charge in [0.2, 0.25) is 5.91 Å². The molecule has 3 rings (SSSR count). The Kier molecular flexibility index (Phi) is 7.62. The molecule has 1 saturated carbocycles. The van der Waals surface area contributed by atoms with E-state index < -0.39 is 17.9 Å². The van der Waals surface area contributed by atoms with Gasteiger partial charge in [0.1, 0.15) is 10.9 Å². The molecule has 31 heavy (non-hydrogen) atoms. The predicted molar refractivity (Wildman–Crippen MR) is 122 cm³/mol. The zero-order valence-electron chi connectivity index (χ0n) is 17.7. The van der Waals surface area contributed by atoms with Crippen molar-refractivity contribution in [3.05, 3.63) is 40.9 Å². The molecule has 166 valence electrons. The van der Waals surface area contributed by atoms with Gasteiger partial charge in [0.25, 0.3) is 11.8 Å². The first-order valence-electron chi connectivity index (χ1n) is 10.7. The Labute approximate surface area is 186 Å². The topological polar surface area (TPSA) is 131 Å². The summed E-state index contributed by atoms with van der Waals surface area (Å²) in [7, 11) is 0. The third kappa shape index (κ3) is 5.22. The molecule has 0 bridgehead atoms. The Morgan fingerprint density at radius 1 is 1.23 bits per heavy atom. The van der Waals surface area contributed by atoms with Gasteiger partial charge in [0, 0.05) is 11.7 Å². The van der Waals surface area contributed by atoms with Crippen molar-refractivity contribution in [2.45, 2.75) is 64.0 Å². The summed E-state index contributed by atoms with van der Waals surface area (Å²) < 4.78 is 3.96. The molecule has 1 aromatic carbocycles. The van der Waals surface area contributed by atoms with Gasteiger partial charge in [-0.15, -0.1) is 0 Å². The number of hydrogen-bond donors (Lipinski definition) is 3. The van der Waals surface area contributed by atoms with E-state index in [2.05, 4.69) is 9.69 Å². The molecule has 1 heterocycles. The van der Waals surface area contributed by atoms with Crippen molar-refractivity contribution in [3.63, 3.8) is 0 Å². The Bertz CT molecular complexity index is 924. The number of carbonyl (C=O) groups excluding carboxylic acids is 3. The summed E-state index contributed by atoms with van der Waals surface area (Å²) in [6, 6.07) is 8.47. The first kappa shape index (κ1) is 22.7. The lowest BCUT2D eigenvalue weighted by Crippen LogP contribution is -2.51. The van der Waals surface area contributed by atoms with Crippen LogP contribution in [0.2, 0.25) is 0 Å². The number of para-hydroxylation sites is 1. The summed E-state index contributed by atoms with van der Waals surface area (Å²) in [6.07, 6.45) is 6.28. The van der Waals surface area contributed by atoms with Gasteiger partial charge >= 0.3 is 0 Å². The number of nitrogens with one attached hydrogen (secondary N) is 1. The van der Waals surface area contributed by atoms with E-state index >= 15 is 0 Å². The lowest BCUT2D eigenvalue weighted by molar-refractivity contribution is -0.123. The number of rotatable bonds is 9. The molecule has 3 amide bonds. The van der Waals surface area contributed by atoms with Crippen LogP contribution in [0.5, 0.6) is 0 Å². The van der Waals surface area contributed by atoms with Gasteiger partial charge in [0.05, 0.1) is 5.69 Å². The highest BCUT2D eigenvalue weighted by Gasteiger charge is 2.35. The molecular formula is C22H29N5O3S. The van der Waals surface area contributed by atoms with Crippen LogP contribution in [0.3, 0.4) is 0 Å². The Balaban J connectivity index is 1.99. The summed E-state index contributed by atoms with van der Waals surface area (Å²) in [4.78, 5) is 40.1. The third-order valence-electron chi connectivity index (χ3n) is 5.56. The van der Waals surface area contributed by atoms with E-state index in [9.17, 15) is 14.4 Å². The van der Waals surface area contributed by atoms with Crippen molar-refractivity contribution in [2.75, 3.05) is 10.6 Å². The van der Waals surface area contributed by atoms with Gasteiger partial charge in [-0.05, 0) is 42.9 Å². The molecule has 1 unspecified atom stereocenters. The average molecular weight is 444 g/mol. The number of unbranched alkanes of at least 4 members (excludes halogenated alkanes) is 1. The minimum Gasteiger partial charge on any atom is -0.395 e. The van der Waals surface area contributed by atoms with E-state index in [0.717, 1.165) is 50.1 Å². The number of amides is 3. The van der Waals surface area contributed by atoms with Gasteiger partial charge < -0.3 is 16.8 Å². The van der Waals surface area contributed by atoms with Crippen molar-refractivity contribution in [1.29, 1.82) is 0 Å². The number of nitrogens with zero attached hydrogens (tertiary/aromatic N) is 2. The average Bonchev–Trinajstić information content (AvgIpc) is 3.40. The van der Waals surface area contributed by atoms with Crippen LogP contribution in [0.4, 0.5) is 11.4 Å². The second-order valence-corrected chi connectivity index (χ2v) is 8.57. The monoisotopic (exact) mass is 443 g/mol. The van der Waals surface area contributed by atoms with E-state index in [1.165, 1.54) is 4.90 Å². The van der Waals surface area contributed by atoms with Crippen molar-refractivity contribution in [1.82, 2.24) is 9.69 Å². The molecule has 1 aromatic heterocycles. The number of hydrogen-bond acceptors (Lipinski definition) is 6. The van der Waals surface area contributed by atoms with Crippen molar-refractivity contribution >= 4 is 40.6 Å². The lowest BCUT2D eigenvalue weighted by atomic mass is 10.0. The molecule has 1 fully saturated rings. The van der Waals surface area contributed by atoms with E-state index in [0.29, 0.717) is 12.1 Å². The van der Waals surface area contributed by atoms with Crippen LogP contribution in [-0.4, -0.2) is 34.2 Å². The number of nitrogen functional groups attached to an aromatic ring is 1. The zero-order valence-corrected chi connectivity index (χ0v) is 18.5. The molecule has 0 saturated heterocycles. The summed E-state index contributed by atoms with van der Waals surface area (Å²) in [5, 5.41) is 3.13. The van der Waals surface area contributed by atoms with E-state index in [-0.39, 0.29) is 28.2 Å². The fourth-order valence-electron chi connectivity index (χ4n) is 3.91. The molecule has 0 radical (unpaired) electrons. The van der Waals surface area contributed by atoms with Crippen LogP contribution in [0.15, 0.2) is 30.3 Å². The summed E-state index contributed by atoms with van der Waals surface area (Å²) in [5.74, 6) is -1.42. The maximum atomic E-state index is 13.6. The first-order valence-corrected chi connectivity index (χ1v) is 11.4. The number of primary amides is 1. The number of nitrogens with two attached hydrogens (primary N) is 2. The van der Waals surface area contributed by atoms with Crippen LogP contribution in [0, 0.1) is 0 Å². The Hall–Kier alpha value is -2.94. The molecule has 1 aliphatic carbocycles. The van der Waals surface area contributed by atoms with Crippen LogP contribution in [0.25, 0.3) is 0 Å². The molecule has 1 atom stereocenters. The maximum absolute atomic E-state index is 13.6. The Morgan fingerprint density at radius 2 is 1.90 bits per heavy atom. The Morgan fingerprint density at radius 3 is 2.48 bits per heavy atom. The molecule has 1 aliphatic rings. The number of anilines is 2. The quantitative estimate of drug-likeness (QED) is 0.548. The zero-order chi connectivity index (χ0) is 22.4. The number of benzene rings is 1. The molecule has 2 aromatic rings. The largest absolute Gasteiger partial charge is 0.395 e. The highest BCUT2D eigenvalue weighted by molar-refractivity contribution is 7.09. The third-order valence-corrected chi connectivity index (χ3v) is 6.41. The predicted octanol–water partition coefficient (Wildman–Crippen LogP) is 3.09. The summed E-state index contributed by atoms with van der Waals surface area (Å²) in [6.45, 7) is 2.04. The second-order valence-electron chi connectivity index (χ2n) is 7.80. The van der Waals surface area contributed by atoms with Gasteiger partial charge in [-0.3, -0.25) is 19.3 Å². The normalized spacial score (nSPS) is 14.9. The smallest absolute Gasteiger partial charge is 0.272 e. The summed E-state index contributed by atoms with van der Waals surface area (Å²) in [5.41, 5.74) is 11.8. The van der Waals surface area contributed by atoms with Gasteiger partial charge in [0.15, 0.2) is 5.69 Å². The number of carbonyl (C=O) groups is 3. The molecule has 9 heteroatoms. The fourth-order valence-corrected chi connectivity index (χ4v) is 4.65. The molecule has 8 nitrogen and oxygen atoms in total. The minimum atomic E-state index is -0.791. The van der Waals surface area contributed by atoms with Crippen LogP contribution in [-0.2, 0) is 4.79 Å². The molecule has 5 N–H and O–H groups in total. The number of aromatic nitrogens is 1. The maximum Gasteiger partial charge on any atom is 0.272 e. The van der Waals surface area contributed by atoms with Crippen LogP contribution < -0.4 is 21.7 Å². The standard InChI is InChI=1S/C22H29N5O3S/c1-2-3-13-16(21(29)25-14-9-7-8-10-14)27(15-11-5-4-6-12-15)22(30)19-17(23)18(20(24)28)26-31-19/h4-6,11-12,14,16H,2-3,7-10,13,23H2,1H3,(H2,24,28)(H,25,29). The van der Waals surface area contributed by atoms with Crippen molar-refractivity contribution in [2.24, 2.45) is 5.73 Å². The van der Waals surface area contributed by atoms with Gasteiger partial charge in [-0.25, -0.2) is 0 Å². The van der Waals surface area contributed by atoms with Gasteiger partial charge in [-0.2, -0.15) is 4.37 Å². The van der Waals surface area contributed by atoms with E-state index in [1.54, 1.807) is 12.1 Å². The SMILES string of the molecule is CCCCC(C(=O)NC1CCCC1)N(C(=O)c1snc(C(N)=O)c1N)c1ccccc1. The van der Waals surface area contributed by atoms with E-state index in [1.807, 2.05) is 25.1 Å². The van der Waals surface area contributed by atoms with E-state index in [4.69, 9.17) is 11.5 Å². The molecular weight excluding hydrogens is 414 g/mol. The molecule has 0 aliphatic heterocycles. The summed E-state index contributed by atoms with van der Waals surface area (Å²) >= 11 is 0.823. The lowest BCUT2D eigenvalue weighted by Gasteiger charge is -2.32. The minimum absolute atomic E-state index is 0.0473. The second kappa shape index (κ2) is 10.4. The molecule has 0 spiro atoms.